The Morgan fingerprint density at radius 1 is 1.10 bits per heavy atom. The molecule has 0 spiro atoms. The van der Waals surface area contributed by atoms with Gasteiger partial charge in [0.05, 0.1) is 0 Å². The van der Waals surface area contributed by atoms with Crippen molar-refractivity contribution in [2.45, 2.75) is 72.8 Å². The van der Waals surface area contributed by atoms with Gasteiger partial charge in [-0.2, -0.15) is 0 Å². The van der Waals surface area contributed by atoms with Crippen molar-refractivity contribution in [2.24, 2.45) is 5.92 Å². The second kappa shape index (κ2) is 9.18. The van der Waals surface area contributed by atoms with E-state index in [-0.39, 0.29) is 0 Å². The highest BCUT2D eigenvalue weighted by atomic mass is 14.9. The summed E-state index contributed by atoms with van der Waals surface area (Å²) in [6.45, 7) is 12.5. The van der Waals surface area contributed by atoms with Gasteiger partial charge in [-0.25, -0.2) is 0 Å². The van der Waals surface area contributed by atoms with Crippen LogP contribution in [-0.4, -0.2) is 12.6 Å². The van der Waals surface area contributed by atoms with Crippen LogP contribution in [0.5, 0.6) is 0 Å². The first kappa shape index (κ1) is 17.2. The number of hydrogen-bond donors (Lipinski definition) is 1. The van der Waals surface area contributed by atoms with Crippen molar-refractivity contribution in [1.29, 1.82) is 0 Å². The average Bonchev–Trinajstić information content (AvgIpc) is 2.40. The molecule has 0 amide bonds. The summed E-state index contributed by atoms with van der Waals surface area (Å²) in [6.07, 6.45) is 6.32. The first-order valence-electron chi connectivity index (χ1n) is 8.36. The van der Waals surface area contributed by atoms with E-state index < -0.39 is 0 Å². The first-order valence-corrected chi connectivity index (χ1v) is 8.36. The lowest BCUT2D eigenvalue weighted by Crippen LogP contribution is -2.33. The molecule has 1 aromatic rings. The Morgan fingerprint density at radius 2 is 1.85 bits per heavy atom. The highest BCUT2D eigenvalue weighted by molar-refractivity contribution is 5.31. The minimum atomic E-state index is 0.622. The van der Waals surface area contributed by atoms with E-state index in [0.717, 1.165) is 12.5 Å². The maximum absolute atomic E-state index is 3.75. The number of rotatable bonds is 9. The van der Waals surface area contributed by atoms with Gasteiger partial charge in [0.1, 0.15) is 0 Å². The number of nitrogens with one attached hydrogen (secondary N) is 1. The molecular formula is C19H33N. The van der Waals surface area contributed by atoms with Crippen molar-refractivity contribution in [3.05, 3.63) is 34.9 Å². The molecule has 1 nitrogen and oxygen atoms in total. The van der Waals surface area contributed by atoms with E-state index in [2.05, 4.69) is 58.1 Å². The molecule has 1 heteroatoms. The molecule has 1 aromatic carbocycles. The van der Waals surface area contributed by atoms with Crippen LogP contribution in [0.25, 0.3) is 0 Å². The summed E-state index contributed by atoms with van der Waals surface area (Å²) in [5, 5.41) is 3.75. The van der Waals surface area contributed by atoms with Crippen LogP contribution in [-0.2, 0) is 6.42 Å². The van der Waals surface area contributed by atoms with E-state index in [1.165, 1.54) is 48.8 Å². The second-order valence-corrected chi connectivity index (χ2v) is 6.41. The number of benzene rings is 1. The second-order valence-electron chi connectivity index (χ2n) is 6.41. The van der Waals surface area contributed by atoms with Gasteiger partial charge in [0.2, 0.25) is 0 Å². The van der Waals surface area contributed by atoms with Crippen molar-refractivity contribution in [1.82, 2.24) is 5.32 Å². The topological polar surface area (TPSA) is 12.0 Å². The first-order chi connectivity index (χ1) is 9.56. The Labute approximate surface area is 126 Å². The molecule has 2 unspecified atom stereocenters. The molecule has 0 aliphatic heterocycles. The molecule has 0 heterocycles. The van der Waals surface area contributed by atoms with Crippen molar-refractivity contribution in [3.63, 3.8) is 0 Å². The molecule has 0 saturated carbocycles. The zero-order valence-corrected chi connectivity index (χ0v) is 14.1. The summed E-state index contributed by atoms with van der Waals surface area (Å²) in [5.41, 5.74) is 4.32. The molecule has 20 heavy (non-hydrogen) atoms. The van der Waals surface area contributed by atoms with Gasteiger partial charge in [0.25, 0.3) is 0 Å². The summed E-state index contributed by atoms with van der Waals surface area (Å²) in [6, 6.07) is 7.46. The quantitative estimate of drug-likeness (QED) is 0.665. The van der Waals surface area contributed by atoms with Crippen LogP contribution < -0.4 is 5.32 Å². The molecule has 0 saturated heterocycles. The molecule has 0 bridgehead atoms. The molecule has 0 aliphatic carbocycles. The molecule has 0 fully saturated rings. The lowest BCUT2D eigenvalue weighted by atomic mass is 9.91. The maximum Gasteiger partial charge on any atom is 0.0110 e. The van der Waals surface area contributed by atoms with Gasteiger partial charge in [0.15, 0.2) is 0 Å². The van der Waals surface area contributed by atoms with Crippen molar-refractivity contribution < 1.29 is 0 Å². The van der Waals surface area contributed by atoms with Crippen molar-refractivity contribution >= 4 is 0 Å². The zero-order chi connectivity index (χ0) is 15.0. The Hall–Kier alpha value is -0.820. The predicted molar refractivity (Wildman–Crippen MR) is 90.4 cm³/mol. The van der Waals surface area contributed by atoms with E-state index in [1.807, 2.05) is 0 Å². The average molecular weight is 275 g/mol. The molecule has 0 aromatic heterocycles. The fraction of sp³-hybridized carbons (Fsp3) is 0.684. The monoisotopic (exact) mass is 275 g/mol. The third-order valence-electron chi connectivity index (χ3n) is 4.12. The van der Waals surface area contributed by atoms with E-state index in [4.69, 9.17) is 0 Å². The fourth-order valence-corrected chi connectivity index (χ4v) is 2.97. The SMILES string of the molecule is CCCNC(Cc1cc(C)ccc1C)CC(C)CCC. The van der Waals surface area contributed by atoms with Gasteiger partial charge < -0.3 is 5.32 Å². The maximum atomic E-state index is 3.75. The predicted octanol–water partition coefficient (Wildman–Crippen LogP) is 5.04. The van der Waals surface area contributed by atoms with Crippen LogP contribution in [0.1, 0.15) is 63.1 Å². The van der Waals surface area contributed by atoms with Crippen LogP contribution >= 0.6 is 0 Å². The number of hydrogen-bond acceptors (Lipinski definition) is 1. The molecule has 1 rings (SSSR count). The summed E-state index contributed by atoms with van der Waals surface area (Å²) in [7, 11) is 0. The van der Waals surface area contributed by atoms with Crippen LogP contribution in [0, 0.1) is 19.8 Å². The Morgan fingerprint density at radius 3 is 2.50 bits per heavy atom. The highest BCUT2D eigenvalue weighted by Crippen LogP contribution is 2.18. The zero-order valence-electron chi connectivity index (χ0n) is 14.1. The Kier molecular flexibility index (Phi) is 7.91. The van der Waals surface area contributed by atoms with E-state index in [9.17, 15) is 0 Å². The van der Waals surface area contributed by atoms with Gasteiger partial charge in [-0.1, -0.05) is 57.4 Å². The normalized spacial score (nSPS) is 14.2. The van der Waals surface area contributed by atoms with Crippen LogP contribution in [0.3, 0.4) is 0 Å². The minimum Gasteiger partial charge on any atom is -0.314 e. The van der Waals surface area contributed by atoms with Gasteiger partial charge in [-0.15, -0.1) is 0 Å². The van der Waals surface area contributed by atoms with Crippen LogP contribution in [0.15, 0.2) is 18.2 Å². The Bertz CT molecular complexity index is 383. The van der Waals surface area contributed by atoms with Gasteiger partial charge in [-0.05, 0) is 56.7 Å². The third kappa shape index (κ3) is 6.09. The molecular weight excluding hydrogens is 242 g/mol. The fourth-order valence-electron chi connectivity index (χ4n) is 2.97. The summed E-state index contributed by atoms with van der Waals surface area (Å²) in [4.78, 5) is 0. The van der Waals surface area contributed by atoms with Crippen molar-refractivity contribution in [2.75, 3.05) is 6.54 Å². The Balaban J connectivity index is 2.69. The number of aryl methyl sites for hydroxylation is 2. The lowest BCUT2D eigenvalue weighted by molar-refractivity contribution is 0.380. The molecule has 2 atom stereocenters. The van der Waals surface area contributed by atoms with Gasteiger partial charge in [0, 0.05) is 6.04 Å². The van der Waals surface area contributed by atoms with Crippen LogP contribution in [0.4, 0.5) is 0 Å². The van der Waals surface area contributed by atoms with E-state index >= 15 is 0 Å². The standard InChI is InChI=1S/C19H33N/c1-6-8-15(3)13-19(20-11-7-2)14-18-12-16(4)9-10-17(18)5/h9-10,12,15,19-20H,6-8,11,13-14H2,1-5H3. The molecule has 0 radical (unpaired) electrons. The summed E-state index contributed by atoms with van der Waals surface area (Å²) >= 11 is 0. The van der Waals surface area contributed by atoms with Gasteiger partial charge in [-0.3, -0.25) is 0 Å². The summed E-state index contributed by atoms with van der Waals surface area (Å²) in [5.74, 6) is 0.819. The lowest BCUT2D eigenvalue weighted by Gasteiger charge is -2.23. The third-order valence-corrected chi connectivity index (χ3v) is 4.12. The largest absolute Gasteiger partial charge is 0.314 e. The molecule has 0 aliphatic rings. The molecule has 1 N–H and O–H groups in total. The smallest absolute Gasteiger partial charge is 0.0110 e. The van der Waals surface area contributed by atoms with Crippen molar-refractivity contribution in [3.8, 4) is 0 Å². The minimum absolute atomic E-state index is 0.622. The summed E-state index contributed by atoms with van der Waals surface area (Å²) < 4.78 is 0. The van der Waals surface area contributed by atoms with Gasteiger partial charge >= 0.3 is 0 Å². The van der Waals surface area contributed by atoms with E-state index in [0.29, 0.717) is 6.04 Å². The van der Waals surface area contributed by atoms with Crippen LogP contribution in [0.2, 0.25) is 0 Å². The molecule has 114 valence electrons. The van der Waals surface area contributed by atoms with E-state index in [1.54, 1.807) is 0 Å². The highest BCUT2D eigenvalue weighted by Gasteiger charge is 2.14.